The minimum Gasteiger partial charge on any atom is -0.349 e. The van der Waals surface area contributed by atoms with Gasteiger partial charge in [0.25, 0.3) is 0 Å². The van der Waals surface area contributed by atoms with Gasteiger partial charge in [0.1, 0.15) is 0 Å². The molecule has 5 nitrogen and oxygen atoms in total. The van der Waals surface area contributed by atoms with Crippen LogP contribution >= 0.6 is 0 Å². The van der Waals surface area contributed by atoms with Gasteiger partial charge in [-0.15, -0.1) is 0 Å². The van der Waals surface area contributed by atoms with Gasteiger partial charge in [0.15, 0.2) is 0 Å². The van der Waals surface area contributed by atoms with Crippen molar-refractivity contribution in [1.29, 1.82) is 0 Å². The second-order valence-corrected chi connectivity index (χ2v) is 9.35. The van der Waals surface area contributed by atoms with E-state index in [1.54, 1.807) is 38.1 Å². The van der Waals surface area contributed by atoms with E-state index in [-0.39, 0.29) is 22.9 Å². The maximum absolute atomic E-state index is 12.4. The van der Waals surface area contributed by atoms with Crippen LogP contribution in [-0.4, -0.2) is 20.4 Å². The number of carbonyl (C=O) groups is 1. The van der Waals surface area contributed by atoms with Crippen molar-refractivity contribution in [1.82, 2.24) is 10.0 Å². The summed E-state index contributed by atoms with van der Waals surface area (Å²) in [5.41, 5.74) is 3.50. The summed E-state index contributed by atoms with van der Waals surface area (Å²) in [6.07, 6.45) is 4.09. The fourth-order valence-corrected chi connectivity index (χ4v) is 4.89. The van der Waals surface area contributed by atoms with Crippen LogP contribution in [0.4, 0.5) is 0 Å². The highest BCUT2D eigenvalue weighted by Gasteiger charge is 2.21. The highest BCUT2D eigenvalue weighted by atomic mass is 32.2. The Morgan fingerprint density at radius 2 is 1.82 bits per heavy atom. The van der Waals surface area contributed by atoms with Gasteiger partial charge in [0.2, 0.25) is 15.9 Å². The Morgan fingerprint density at radius 3 is 2.54 bits per heavy atom. The van der Waals surface area contributed by atoms with Crippen LogP contribution < -0.4 is 10.0 Å². The zero-order chi connectivity index (χ0) is 20.1. The third kappa shape index (κ3) is 5.20. The van der Waals surface area contributed by atoms with Gasteiger partial charge in [-0.3, -0.25) is 4.79 Å². The molecular weight excluding hydrogens is 372 g/mol. The molecule has 150 valence electrons. The van der Waals surface area contributed by atoms with Crippen molar-refractivity contribution in [3.8, 4) is 0 Å². The predicted molar refractivity (Wildman–Crippen MR) is 110 cm³/mol. The number of rotatable bonds is 7. The number of fused-ring (bicyclic) bond motifs is 1. The Balaban J connectivity index is 1.56. The van der Waals surface area contributed by atoms with E-state index in [0.29, 0.717) is 12.8 Å². The Kier molecular flexibility index (Phi) is 6.52. The van der Waals surface area contributed by atoms with E-state index in [4.69, 9.17) is 0 Å². The molecule has 2 N–H and O–H groups in total. The first-order valence-electron chi connectivity index (χ1n) is 9.83. The lowest BCUT2D eigenvalue weighted by Gasteiger charge is -2.26. The summed E-state index contributed by atoms with van der Waals surface area (Å²) < 4.78 is 26.9. The zero-order valence-corrected chi connectivity index (χ0v) is 17.3. The molecule has 1 atom stereocenters. The van der Waals surface area contributed by atoms with E-state index in [1.165, 1.54) is 11.1 Å². The average molecular weight is 401 g/mol. The Hall–Kier alpha value is -2.18. The van der Waals surface area contributed by atoms with E-state index in [0.717, 1.165) is 24.8 Å². The molecular formula is C22H28N2O3S. The van der Waals surface area contributed by atoms with Crippen LogP contribution in [0.15, 0.2) is 53.4 Å². The summed E-state index contributed by atoms with van der Waals surface area (Å²) in [7, 11) is -3.48. The first kappa shape index (κ1) is 20.6. The van der Waals surface area contributed by atoms with Gasteiger partial charge >= 0.3 is 0 Å². The smallest absolute Gasteiger partial charge is 0.240 e. The number of hydrogen-bond acceptors (Lipinski definition) is 3. The predicted octanol–water partition coefficient (Wildman–Crippen LogP) is 3.50. The highest BCUT2D eigenvalue weighted by Crippen LogP contribution is 2.29. The van der Waals surface area contributed by atoms with E-state index in [9.17, 15) is 13.2 Å². The standard InChI is InChI=1S/C22H28N2O3S/c1-16(2)24-28(26,27)19-13-10-17(11-14-19)12-15-22(25)23-21-9-5-7-18-6-3-4-8-20(18)21/h3-4,6,8,10-11,13-14,16,21,24H,5,7,9,12,15H2,1-2H3,(H,23,25). The van der Waals surface area contributed by atoms with Crippen LogP contribution in [0.5, 0.6) is 0 Å². The van der Waals surface area contributed by atoms with Crippen molar-refractivity contribution >= 4 is 15.9 Å². The normalized spacial score (nSPS) is 16.6. The van der Waals surface area contributed by atoms with Crippen molar-refractivity contribution in [3.05, 3.63) is 65.2 Å². The lowest BCUT2D eigenvalue weighted by atomic mass is 9.87. The quantitative estimate of drug-likeness (QED) is 0.747. The van der Waals surface area contributed by atoms with Gasteiger partial charge in [-0.2, -0.15) is 0 Å². The fourth-order valence-electron chi connectivity index (χ4n) is 3.64. The molecule has 0 spiro atoms. The van der Waals surface area contributed by atoms with Crippen LogP contribution in [-0.2, 0) is 27.7 Å². The summed E-state index contributed by atoms with van der Waals surface area (Å²) in [5, 5.41) is 3.16. The second kappa shape index (κ2) is 8.88. The van der Waals surface area contributed by atoms with Gasteiger partial charge in [-0.25, -0.2) is 13.1 Å². The molecule has 0 radical (unpaired) electrons. The Morgan fingerprint density at radius 1 is 1.11 bits per heavy atom. The van der Waals surface area contributed by atoms with Crippen LogP contribution in [0.1, 0.15) is 55.8 Å². The third-order valence-electron chi connectivity index (χ3n) is 4.97. The largest absolute Gasteiger partial charge is 0.349 e. The van der Waals surface area contributed by atoms with Gasteiger partial charge in [-0.05, 0) is 68.4 Å². The lowest BCUT2D eigenvalue weighted by Crippen LogP contribution is -2.31. The number of nitrogens with one attached hydrogen (secondary N) is 2. The molecule has 1 unspecified atom stereocenters. The molecule has 2 aromatic carbocycles. The topological polar surface area (TPSA) is 75.3 Å². The molecule has 1 aliphatic carbocycles. The molecule has 0 saturated heterocycles. The van der Waals surface area contributed by atoms with E-state index in [1.807, 2.05) is 12.1 Å². The first-order chi connectivity index (χ1) is 13.3. The SMILES string of the molecule is CC(C)NS(=O)(=O)c1ccc(CCC(=O)NC2CCCc3ccccc32)cc1. The van der Waals surface area contributed by atoms with E-state index < -0.39 is 10.0 Å². The molecule has 0 aliphatic heterocycles. The monoisotopic (exact) mass is 400 g/mol. The minimum absolute atomic E-state index is 0.0277. The van der Waals surface area contributed by atoms with E-state index >= 15 is 0 Å². The first-order valence-corrected chi connectivity index (χ1v) is 11.3. The van der Waals surface area contributed by atoms with Crippen molar-refractivity contribution in [3.63, 3.8) is 0 Å². The molecule has 1 amide bonds. The van der Waals surface area contributed by atoms with Crippen molar-refractivity contribution in [2.24, 2.45) is 0 Å². The lowest BCUT2D eigenvalue weighted by molar-refractivity contribution is -0.121. The minimum atomic E-state index is -3.48. The molecule has 0 fully saturated rings. The molecule has 0 heterocycles. The molecule has 28 heavy (non-hydrogen) atoms. The molecule has 0 bridgehead atoms. The number of aryl methyl sites for hydroxylation is 2. The molecule has 1 aliphatic rings. The average Bonchev–Trinajstić information content (AvgIpc) is 2.66. The van der Waals surface area contributed by atoms with Crippen molar-refractivity contribution in [2.75, 3.05) is 0 Å². The van der Waals surface area contributed by atoms with Gasteiger partial charge in [0.05, 0.1) is 10.9 Å². The number of hydrogen-bond donors (Lipinski definition) is 2. The maximum atomic E-state index is 12.4. The van der Waals surface area contributed by atoms with Crippen LogP contribution in [0.3, 0.4) is 0 Å². The van der Waals surface area contributed by atoms with Crippen LogP contribution in [0.2, 0.25) is 0 Å². The maximum Gasteiger partial charge on any atom is 0.240 e. The molecule has 6 heteroatoms. The summed E-state index contributed by atoms with van der Waals surface area (Å²) in [6, 6.07) is 15.0. The van der Waals surface area contributed by atoms with Crippen molar-refractivity contribution in [2.45, 2.75) is 62.9 Å². The third-order valence-corrected chi connectivity index (χ3v) is 6.64. The Bertz CT molecular complexity index is 921. The number of amides is 1. The molecule has 2 aromatic rings. The van der Waals surface area contributed by atoms with Crippen molar-refractivity contribution < 1.29 is 13.2 Å². The van der Waals surface area contributed by atoms with Gasteiger partial charge in [-0.1, -0.05) is 36.4 Å². The summed E-state index contributed by atoms with van der Waals surface area (Å²) in [6.45, 7) is 3.57. The number of sulfonamides is 1. The summed E-state index contributed by atoms with van der Waals surface area (Å²) in [5.74, 6) is 0.0277. The van der Waals surface area contributed by atoms with E-state index in [2.05, 4.69) is 22.2 Å². The van der Waals surface area contributed by atoms with Crippen LogP contribution in [0.25, 0.3) is 0 Å². The summed E-state index contributed by atoms with van der Waals surface area (Å²) >= 11 is 0. The highest BCUT2D eigenvalue weighted by molar-refractivity contribution is 7.89. The fraction of sp³-hybridized carbons (Fsp3) is 0.409. The Labute approximate surface area is 167 Å². The number of carbonyl (C=O) groups excluding carboxylic acids is 1. The van der Waals surface area contributed by atoms with Gasteiger partial charge < -0.3 is 5.32 Å². The molecule has 0 saturated carbocycles. The van der Waals surface area contributed by atoms with Gasteiger partial charge in [0, 0.05) is 12.5 Å². The number of benzene rings is 2. The molecule has 0 aromatic heterocycles. The second-order valence-electron chi connectivity index (χ2n) is 7.63. The molecule has 3 rings (SSSR count). The van der Waals surface area contributed by atoms with Crippen LogP contribution in [0, 0.1) is 0 Å². The zero-order valence-electron chi connectivity index (χ0n) is 16.4. The summed E-state index contributed by atoms with van der Waals surface area (Å²) in [4.78, 5) is 12.7.